The zero-order valence-electron chi connectivity index (χ0n) is 7.27. The van der Waals surface area contributed by atoms with Crippen molar-refractivity contribution in [2.45, 2.75) is 12.6 Å². The van der Waals surface area contributed by atoms with Crippen molar-refractivity contribution >= 4 is 5.78 Å². The van der Waals surface area contributed by atoms with Gasteiger partial charge in [0.15, 0.2) is 5.78 Å². The van der Waals surface area contributed by atoms with Crippen LogP contribution in [0.3, 0.4) is 0 Å². The molecule has 1 aromatic carbocycles. The lowest BCUT2D eigenvalue weighted by Gasteiger charge is -2.06. The minimum atomic E-state index is -4.36. The summed E-state index contributed by atoms with van der Waals surface area (Å²) in [7, 11) is 0. The van der Waals surface area contributed by atoms with Gasteiger partial charge >= 0.3 is 6.18 Å². The Morgan fingerprint density at radius 1 is 1.21 bits per heavy atom. The SMILES string of the molecule is [CH2]CC(=O)c1ccc(C(F)(F)F)cc1. The van der Waals surface area contributed by atoms with Crippen molar-refractivity contribution in [3.05, 3.63) is 42.3 Å². The maximum absolute atomic E-state index is 12.1. The van der Waals surface area contributed by atoms with Crippen molar-refractivity contribution in [2.75, 3.05) is 0 Å². The quantitative estimate of drug-likeness (QED) is 0.672. The molecule has 0 aliphatic rings. The normalized spacial score (nSPS) is 11.4. The standard InChI is InChI=1S/C10H8F3O/c1-2-9(14)7-3-5-8(6-4-7)10(11,12)13/h3-6H,1-2H2. The van der Waals surface area contributed by atoms with E-state index in [1.54, 1.807) is 0 Å². The van der Waals surface area contributed by atoms with Gasteiger partial charge in [0.25, 0.3) is 0 Å². The molecular weight excluding hydrogens is 193 g/mol. The molecule has 0 aliphatic heterocycles. The average molecular weight is 201 g/mol. The van der Waals surface area contributed by atoms with E-state index in [4.69, 9.17) is 0 Å². The average Bonchev–Trinajstić information content (AvgIpc) is 2.15. The Labute approximate surface area is 79.5 Å². The number of benzene rings is 1. The molecule has 1 radical (unpaired) electrons. The second-order valence-electron chi connectivity index (χ2n) is 2.75. The van der Waals surface area contributed by atoms with Gasteiger partial charge in [-0.2, -0.15) is 13.2 Å². The summed E-state index contributed by atoms with van der Waals surface area (Å²) in [4.78, 5) is 11.0. The zero-order chi connectivity index (χ0) is 10.8. The van der Waals surface area contributed by atoms with Crippen LogP contribution in [0.25, 0.3) is 0 Å². The van der Waals surface area contributed by atoms with Crippen LogP contribution in [0.1, 0.15) is 22.3 Å². The Bertz CT molecular complexity index is 324. The Kier molecular flexibility index (Phi) is 2.93. The summed E-state index contributed by atoms with van der Waals surface area (Å²) in [6.07, 6.45) is -4.31. The lowest BCUT2D eigenvalue weighted by Crippen LogP contribution is -2.05. The number of rotatable bonds is 2. The number of hydrogen-bond acceptors (Lipinski definition) is 1. The molecule has 0 spiro atoms. The highest BCUT2D eigenvalue weighted by Crippen LogP contribution is 2.29. The molecule has 1 aromatic rings. The van der Waals surface area contributed by atoms with Gasteiger partial charge in [-0.25, -0.2) is 0 Å². The fraction of sp³-hybridized carbons (Fsp3) is 0.200. The van der Waals surface area contributed by atoms with E-state index in [0.717, 1.165) is 24.3 Å². The van der Waals surface area contributed by atoms with Gasteiger partial charge in [0.2, 0.25) is 0 Å². The van der Waals surface area contributed by atoms with Crippen LogP contribution in [0.4, 0.5) is 13.2 Å². The molecule has 0 aliphatic carbocycles. The molecule has 1 rings (SSSR count). The predicted octanol–water partition coefficient (Wildman–Crippen LogP) is 3.11. The van der Waals surface area contributed by atoms with Crippen molar-refractivity contribution in [1.82, 2.24) is 0 Å². The summed E-state index contributed by atoms with van der Waals surface area (Å²) in [6, 6.07) is 4.11. The van der Waals surface area contributed by atoms with Gasteiger partial charge in [0.05, 0.1) is 5.56 Å². The molecule has 0 unspecified atom stereocenters. The van der Waals surface area contributed by atoms with E-state index in [1.165, 1.54) is 0 Å². The first kappa shape index (κ1) is 10.8. The van der Waals surface area contributed by atoms with E-state index in [0.29, 0.717) is 0 Å². The molecule has 0 saturated heterocycles. The highest BCUT2D eigenvalue weighted by molar-refractivity contribution is 5.96. The first-order valence-electron chi connectivity index (χ1n) is 3.95. The molecule has 14 heavy (non-hydrogen) atoms. The van der Waals surface area contributed by atoms with Crippen molar-refractivity contribution in [3.8, 4) is 0 Å². The maximum atomic E-state index is 12.1. The lowest BCUT2D eigenvalue weighted by molar-refractivity contribution is -0.137. The van der Waals surface area contributed by atoms with Gasteiger partial charge in [-0.1, -0.05) is 12.1 Å². The Morgan fingerprint density at radius 3 is 2.07 bits per heavy atom. The fourth-order valence-electron chi connectivity index (χ4n) is 0.989. The molecule has 75 valence electrons. The van der Waals surface area contributed by atoms with Gasteiger partial charge in [-0.05, 0) is 19.1 Å². The predicted molar refractivity (Wildman–Crippen MR) is 45.7 cm³/mol. The molecule has 4 heteroatoms. The van der Waals surface area contributed by atoms with E-state index < -0.39 is 11.7 Å². The third-order valence-corrected chi connectivity index (χ3v) is 1.76. The highest BCUT2D eigenvalue weighted by atomic mass is 19.4. The minimum absolute atomic E-state index is 0.0470. The summed E-state index contributed by atoms with van der Waals surface area (Å²) < 4.78 is 36.3. The van der Waals surface area contributed by atoms with E-state index in [2.05, 4.69) is 6.92 Å². The van der Waals surface area contributed by atoms with Crippen LogP contribution in [-0.4, -0.2) is 5.78 Å². The Morgan fingerprint density at radius 2 is 1.71 bits per heavy atom. The summed E-state index contributed by atoms with van der Waals surface area (Å²) in [6.45, 7) is 3.36. The number of carbonyl (C=O) groups is 1. The second-order valence-corrected chi connectivity index (χ2v) is 2.75. The summed E-state index contributed by atoms with van der Waals surface area (Å²) in [5.74, 6) is -0.265. The van der Waals surface area contributed by atoms with Crippen molar-refractivity contribution in [2.24, 2.45) is 0 Å². The maximum Gasteiger partial charge on any atom is 0.416 e. The number of Topliss-reactive ketones (excluding diaryl/α,β-unsaturated/α-hetero) is 1. The third kappa shape index (κ3) is 2.34. The minimum Gasteiger partial charge on any atom is -0.294 e. The Hall–Kier alpha value is -1.32. The first-order chi connectivity index (χ1) is 6.45. The van der Waals surface area contributed by atoms with E-state index in [-0.39, 0.29) is 17.8 Å². The number of halogens is 3. The van der Waals surface area contributed by atoms with Crippen LogP contribution in [0, 0.1) is 6.92 Å². The molecule has 0 amide bonds. The van der Waals surface area contributed by atoms with Crippen molar-refractivity contribution < 1.29 is 18.0 Å². The fourth-order valence-corrected chi connectivity index (χ4v) is 0.989. The van der Waals surface area contributed by atoms with Crippen molar-refractivity contribution in [3.63, 3.8) is 0 Å². The van der Waals surface area contributed by atoms with Crippen LogP contribution >= 0.6 is 0 Å². The van der Waals surface area contributed by atoms with E-state index >= 15 is 0 Å². The molecule has 0 bridgehead atoms. The summed E-state index contributed by atoms with van der Waals surface area (Å²) in [5.41, 5.74) is -0.494. The van der Waals surface area contributed by atoms with Crippen LogP contribution in [0.5, 0.6) is 0 Å². The topological polar surface area (TPSA) is 17.1 Å². The van der Waals surface area contributed by atoms with E-state index in [1.807, 2.05) is 0 Å². The van der Waals surface area contributed by atoms with E-state index in [9.17, 15) is 18.0 Å². The molecule has 0 atom stereocenters. The van der Waals surface area contributed by atoms with Gasteiger partial charge < -0.3 is 0 Å². The van der Waals surface area contributed by atoms with Crippen LogP contribution < -0.4 is 0 Å². The Balaban J connectivity index is 2.95. The second kappa shape index (κ2) is 3.82. The molecule has 0 N–H and O–H groups in total. The third-order valence-electron chi connectivity index (χ3n) is 1.76. The first-order valence-corrected chi connectivity index (χ1v) is 3.95. The monoisotopic (exact) mass is 201 g/mol. The van der Waals surface area contributed by atoms with Gasteiger partial charge in [-0.3, -0.25) is 4.79 Å². The number of carbonyl (C=O) groups excluding carboxylic acids is 1. The molecular formula is C10H8F3O. The number of ketones is 1. The largest absolute Gasteiger partial charge is 0.416 e. The molecule has 0 saturated carbocycles. The molecule has 0 aromatic heterocycles. The highest BCUT2D eigenvalue weighted by Gasteiger charge is 2.30. The van der Waals surface area contributed by atoms with Crippen LogP contribution in [-0.2, 0) is 6.18 Å². The van der Waals surface area contributed by atoms with Crippen LogP contribution in [0.15, 0.2) is 24.3 Å². The number of alkyl halides is 3. The molecule has 0 heterocycles. The van der Waals surface area contributed by atoms with Gasteiger partial charge in [-0.15, -0.1) is 0 Å². The summed E-state index contributed by atoms with van der Waals surface area (Å²) in [5, 5.41) is 0. The molecule has 1 nitrogen and oxygen atoms in total. The van der Waals surface area contributed by atoms with Gasteiger partial charge in [0, 0.05) is 12.0 Å². The number of hydrogen-bond donors (Lipinski definition) is 0. The smallest absolute Gasteiger partial charge is 0.294 e. The van der Waals surface area contributed by atoms with Crippen LogP contribution in [0.2, 0.25) is 0 Å². The van der Waals surface area contributed by atoms with Crippen molar-refractivity contribution in [1.29, 1.82) is 0 Å². The molecule has 0 fully saturated rings. The summed E-state index contributed by atoms with van der Waals surface area (Å²) >= 11 is 0. The zero-order valence-corrected chi connectivity index (χ0v) is 7.27. The van der Waals surface area contributed by atoms with Gasteiger partial charge in [0.1, 0.15) is 0 Å². The lowest BCUT2D eigenvalue weighted by atomic mass is 10.1.